The number of H-pyrrole nitrogens is 1. The van der Waals surface area contributed by atoms with Gasteiger partial charge in [-0.2, -0.15) is 0 Å². The second kappa shape index (κ2) is 4.30. The number of primary amides is 1. The van der Waals surface area contributed by atoms with Gasteiger partial charge in [-0.3, -0.25) is 14.7 Å². The Morgan fingerprint density at radius 1 is 1.50 bits per heavy atom. The monoisotopic (exact) mass is 225 g/mol. The molecule has 1 rings (SSSR count). The zero-order chi connectivity index (χ0) is 12.3. The minimum Gasteiger partial charge on any atom is -0.368 e. The highest BCUT2D eigenvalue weighted by molar-refractivity contribution is 5.96. The van der Waals surface area contributed by atoms with Gasteiger partial charge in [-0.1, -0.05) is 6.92 Å². The number of rotatable bonds is 4. The maximum absolute atomic E-state index is 11.6. The lowest BCUT2D eigenvalue weighted by Crippen LogP contribution is -2.53. The fourth-order valence-electron chi connectivity index (χ4n) is 0.956. The highest BCUT2D eigenvalue weighted by Crippen LogP contribution is 2.02. The van der Waals surface area contributed by atoms with E-state index in [-0.39, 0.29) is 5.82 Å². The van der Waals surface area contributed by atoms with Gasteiger partial charge in [-0.05, 0) is 13.8 Å². The Balaban J connectivity index is 2.76. The molecule has 0 atom stereocenters. The van der Waals surface area contributed by atoms with Crippen molar-refractivity contribution >= 4 is 11.8 Å². The van der Waals surface area contributed by atoms with Crippen LogP contribution in [0.2, 0.25) is 0 Å². The van der Waals surface area contributed by atoms with Crippen LogP contribution in [0, 0.1) is 0 Å². The van der Waals surface area contributed by atoms with E-state index in [0.717, 1.165) is 0 Å². The Kier molecular flexibility index (Phi) is 3.26. The van der Waals surface area contributed by atoms with Crippen LogP contribution in [0.1, 0.15) is 37.2 Å². The molecule has 4 N–H and O–H groups in total. The van der Waals surface area contributed by atoms with Gasteiger partial charge in [0.2, 0.25) is 11.7 Å². The van der Waals surface area contributed by atoms with Crippen molar-refractivity contribution in [3.63, 3.8) is 0 Å². The fourth-order valence-corrected chi connectivity index (χ4v) is 0.956. The number of nitrogens with one attached hydrogen (secondary N) is 2. The van der Waals surface area contributed by atoms with Gasteiger partial charge in [-0.15, -0.1) is 5.10 Å². The van der Waals surface area contributed by atoms with Crippen molar-refractivity contribution in [2.75, 3.05) is 0 Å². The zero-order valence-electron chi connectivity index (χ0n) is 9.50. The number of aryl methyl sites for hydroxylation is 1. The third-order valence-corrected chi connectivity index (χ3v) is 2.11. The molecule has 0 bridgehead atoms. The fraction of sp³-hybridized carbons (Fsp3) is 0.556. The summed E-state index contributed by atoms with van der Waals surface area (Å²) >= 11 is 0. The van der Waals surface area contributed by atoms with Crippen molar-refractivity contribution in [3.8, 4) is 0 Å². The van der Waals surface area contributed by atoms with E-state index in [1.54, 1.807) is 0 Å². The molecule has 0 aliphatic rings. The molecule has 0 aliphatic carbocycles. The van der Waals surface area contributed by atoms with Crippen LogP contribution in [-0.4, -0.2) is 32.5 Å². The van der Waals surface area contributed by atoms with Gasteiger partial charge in [0.15, 0.2) is 0 Å². The number of aromatic amines is 1. The third-order valence-electron chi connectivity index (χ3n) is 2.11. The molecule has 0 spiro atoms. The summed E-state index contributed by atoms with van der Waals surface area (Å²) in [6.45, 7) is 4.91. The molecule has 0 saturated heterocycles. The number of hydrogen-bond acceptors (Lipinski definition) is 4. The first-order chi connectivity index (χ1) is 7.36. The summed E-state index contributed by atoms with van der Waals surface area (Å²) in [5, 5.41) is 8.79. The summed E-state index contributed by atoms with van der Waals surface area (Å²) < 4.78 is 0. The normalized spacial score (nSPS) is 11.2. The summed E-state index contributed by atoms with van der Waals surface area (Å²) in [4.78, 5) is 26.6. The molecule has 0 unspecified atom stereocenters. The molecule has 16 heavy (non-hydrogen) atoms. The second-order valence-electron chi connectivity index (χ2n) is 3.90. The van der Waals surface area contributed by atoms with Crippen molar-refractivity contribution < 1.29 is 9.59 Å². The molecule has 7 nitrogen and oxygen atoms in total. The van der Waals surface area contributed by atoms with Gasteiger partial charge in [0, 0.05) is 6.42 Å². The number of nitrogens with two attached hydrogens (primary N) is 1. The van der Waals surface area contributed by atoms with E-state index in [4.69, 9.17) is 5.73 Å². The number of carbonyl (C=O) groups excluding carboxylic acids is 2. The third kappa shape index (κ3) is 2.56. The van der Waals surface area contributed by atoms with Crippen LogP contribution >= 0.6 is 0 Å². The topological polar surface area (TPSA) is 114 Å². The quantitative estimate of drug-likeness (QED) is 0.632. The van der Waals surface area contributed by atoms with Crippen molar-refractivity contribution in [1.29, 1.82) is 0 Å². The molecule has 88 valence electrons. The lowest BCUT2D eigenvalue weighted by Gasteiger charge is -2.20. The van der Waals surface area contributed by atoms with Crippen LogP contribution in [0.4, 0.5) is 0 Å². The van der Waals surface area contributed by atoms with Gasteiger partial charge in [0.25, 0.3) is 5.91 Å². The standard InChI is InChI=1S/C9H15N5O2/c1-4-5-11-6(14-13-5)7(15)12-9(2,3)8(10)16/h4H2,1-3H3,(H2,10,16)(H,12,15)(H,11,13,14). The predicted molar refractivity (Wildman–Crippen MR) is 56.5 cm³/mol. The van der Waals surface area contributed by atoms with Crippen LogP contribution < -0.4 is 11.1 Å². The van der Waals surface area contributed by atoms with Crippen LogP contribution in [0.5, 0.6) is 0 Å². The maximum Gasteiger partial charge on any atom is 0.291 e. The van der Waals surface area contributed by atoms with E-state index in [2.05, 4.69) is 20.5 Å². The molecule has 2 amide bonds. The largest absolute Gasteiger partial charge is 0.368 e. The molecule has 1 heterocycles. The smallest absolute Gasteiger partial charge is 0.291 e. The van der Waals surface area contributed by atoms with Crippen LogP contribution in [0.25, 0.3) is 0 Å². The van der Waals surface area contributed by atoms with Crippen LogP contribution in [0.15, 0.2) is 0 Å². The molecule has 0 saturated carbocycles. The van der Waals surface area contributed by atoms with Crippen LogP contribution in [-0.2, 0) is 11.2 Å². The Hall–Kier alpha value is -1.92. The minimum atomic E-state index is -1.12. The zero-order valence-corrected chi connectivity index (χ0v) is 9.50. The molecular formula is C9H15N5O2. The second-order valence-corrected chi connectivity index (χ2v) is 3.90. The highest BCUT2D eigenvalue weighted by atomic mass is 16.2. The van der Waals surface area contributed by atoms with Crippen molar-refractivity contribution in [2.24, 2.45) is 5.73 Å². The average Bonchev–Trinajstić information content (AvgIpc) is 2.64. The molecule has 0 aliphatic heterocycles. The summed E-state index contributed by atoms with van der Waals surface area (Å²) in [6.07, 6.45) is 0.652. The number of aromatic nitrogens is 3. The molecule has 1 aromatic heterocycles. The molecule has 7 heteroatoms. The lowest BCUT2D eigenvalue weighted by molar-refractivity contribution is -0.122. The number of carbonyl (C=O) groups is 2. The SMILES string of the molecule is CCc1nc(C(=O)NC(C)(C)C(N)=O)n[nH]1. The van der Waals surface area contributed by atoms with E-state index in [0.29, 0.717) is 12.2 Å². The first-order valence-electron chi connectivity index (χ1n) is 4.90. The Morgan fingerprint density at radius 2 is 2.12 bits per heavy atom. The summed E-state index contributed by atoms with van der Waals surface area (Å²) in [6, 6.07) is 0. The summed E-state index contributed by atoms with van der Waals surface area (Å²) in [5.41, 5.74) is 4.00. The van der Waals surface area contributed by atoms with Crippen molar-refractivity contribution in [1.82, 2.24) is 20.5 Å². The summed E-state index contributed by atoms with van der Waals surface area (Å²) in [7, 11) is 0. The van der Waals surface area contributed by atoms with Crippen molar-refractivity contribution in [3.05, 3.63) is 11.6 Å². The molecule has 1 aromatic rings. The number of amides is 2. The Bertz CT molecular complexity index is 410. The molecule has 0 aromatic carbocycles. The number of hydrogen-bond donors (Lipinski definition) is 3. The van der Waals surface area contributed by atoms with Gasteiger partial charge in [-0.25, -0.2) is 4.98 Å². The summed E-state index contributed by atoms with van der Waals surface area (Å²) in [5.74, 6) is -0.528. The Labute approximate surface area is 92.8 Å². The van der Waals surface area contributed by atoms with E-state index in [1.807, 2.05) is 6.92 Å². The lowest BCUT2D eigenvalue weighted by atomic mass is 10.1. The van der Waals surface area contributed by atoms with Gasteiger partial charge < -0.3 is 11.1 Å². The molecular weight excluding hydrogens is 210 g/mol. The first-order valence-corrected chi connectivity index (χ1v) is 4.90. The number of nitrogens with zero attached hydrogens (tertiary/aromatic N) is 2. The minimum absolute atomic E-state index is 0.00572. The maximum atomic E-state index is 11.6. The van der Waals surface area contributed by atoms with Gasteiger partial charge in [0.05, 0.1) is 0 Å². The molecule has 0 radical (unpaired) electrons. The van der Waals surface area contributed by atoms with Gasteiger partial charge >= 0.3 is 0 Å². The van der Waals surface area contributed by atoms with E-state index in [9.17, 15) is 9.59 Å². The van der Waals surface area contributed by atoms with E-state index < -0.39 is 17.4 Å². The van der Waals surface area contributed by atoms with E-state index in [1.165, 1.54) is 13.8 Å². The van der Waals surface area contributed by atoms with E-state index >= 15 is 0 Å². The first kappa shape index (κ1) is 12.2. The van der Waals surface area contributed by atoms with Crippen molar-refractivity contribution in [2.45, 2.75) is 32.7 Å². The Morgan fingerprint density at radius 3 is 2.56 bits per heavy atom. The van der Waals surface area contributed by atoms with Gasteiger partial charge in [0.1, 0.15) is 11.4 Å². The highest BCUT2D eigenvalue weighted by Gasteiger charge is 2.28. The average molecular weight is 225 g/mol. The van der Waals surface area contributed by atoms with Crippen LogP contribution in [0.3, 0.4) is 0 Å². The molecule has 0 fully saturated rings. The predicted octanol–water partition coefficient (Wildman–Crippen LogP) is -0.639.